The number of rotatable bonds is 6. The fraction of sp³-hybridized carbons (Fsp3) is 0.588. The number of alkyl halides is 1. The normalized spacial score (nSPS) is 15.2. The molecule has 0 bridgehead atoms. The molecule has 2 nitrogen and oxygen atoms in total. The minimum atomic E-state index is 0.283. The summed E-state index contributed by atoms with van der Waals surface area (Å²) in [5.41, 5.74) is 3.84. The number of halogens is 1. The molecule has 1 aromatic rings. The highest BCUT2D eigenvalue weighted by Crippen LogP contribution is 2.30. The van der Waals surface area contributed by atoms with E-state index in [1.165, 1.54) is 11.1 Å². The molecule has 0 N–H and O–H groups in total. The summed E-state index contributed by atoms with van der Waals surface area (Å²) in [7, 11) is 0. The lowest BCUT2D eigenvalue weighted by molar-refractivity contribution is -0.118. The maximum absolute atomic E-state index is 12.2. The summed E-state index contributed by atoms with van der Waals surface area (Å²) in [5, 5.41) is 0. The lowest BCUT2D eigenvalue weighted by Crippen LogP contribution is -2.28. The Hall–Kier alpha value is -0.830. The maximum atomic E-state index is 12.2. The molecule has 2 rings (SSSR count). The molecule has 3 heteroatoms. The van der Waals surface area contributed by atoms with Gasteiger partial charge in [-0.25, -0.2) is 0 Å². The number of nitrogens with zero attached hydrogens (tertiary/aromatic N) is 1. The lowest BCUT2D eigenvalue weighted by Gasteiger charge is -2.17. The Bertz CT molecular complexity index is 472. The van der Waals surface area contributed by atoms with Gasteiger partial charge >= 0.3 is 0 Å². The quantitative estimate of drug-likeness (QED) is 0.700. The second-order valence-electron chi connectivity index (χ2n) is 5.57. The summed E-state index contributed by atoms with van der Waals surface area (Å²) < 4.78 is 0. The van der Waals surface area contributed by atoms with Gasteiger partial charge in [-0.2, -0.15) is 0 Å². The summed E-state index contributed by atoms with van der Waals surface area (Å²) in [6.07, 6.45) is 5.95. The van der Waals surface area contributed by atoms with E-state index in [4.69, 9.17) is 0 Å². The molecular formula is C17H24BrNO. The van der Waals surface area contributed by atoms with Gasteiger partial charge in [0.25, 0.3) is 0 Å². The van der Waals surface area contributed by atoms with Crippen molar-refractivity contribution in [2.45, 2.75) is 57.2 Å². The van der Waals surface area contributed by atoms with E-state index in [1.807, 2.05) is 4.90 Å². The van der Waals surface area contributed by atoms with Crippen LogP contribution in [0.5, 0.6) is 0 Å². The molecule has 1 aliphatic rings. The van der Waals surface area contributed by atoms with E-state index >= 15 is 0 Å². The minimum absolute atomic E-state index is 0.283. The first-order chi connectivity index (χ1) is 9.65. The molecule has 0 spiro atoms. The van der Waals surface area contributed by atoms with Gasteiger partial charge in [-0.15, -0.1) is 0 Å². The third kappa shape index (κ3) is 3.63. The van der Waals surface area contributed by atoms with Crippen LogP contribution in [-0.4, -0.2) is 17.3 Å². The van der Waals surface area contributed by atoms with Crippen LogP contribution >= 0.6 is 15.9 Å². The molecule has 20 heavy (non-hydrogen) atoms. The van der Waals surface area contributed by atoms with Crippen LogP contribution in [-0.2, 0) is 17.6 Å². The van der Waals surface area contributed by atoms with Crippen LogP contribution in [0.1, 0.15) is 50.7 Å². The molecule has 1 atom stereocenters. The smallest absolute Gasteiger partial charge is 0.226 e. The molecular weight excluding hydrogens is 314 g/mol. The van der Waals surface area contributed by atoms with Crippen LogP contribution in [0.3, 0.4) is 0 Å². The molecule has 0 aliphatic carbocycles. The number of hydrogen-bond acceptors (Lipinski definition) is 1. The molecule has 0 radical (unpaired) electrons. The molecule has 1 aromatic carbocycles. The molecule has 0 aromatic heterocycles. The van der Waals surface area contributed by atoms with Gasteiger partial charge in [-0.05, 0) is 42.9 Å². The van der Waals surface area contributed by atoms with Crippen molar-refractivity contribution >= 4 is 27.5 Å². The van der Waals surface area contributed by atoms with Crippen molar-refractivity contribution in [2.24, 2.45) is 0 Å². The lowest BCUT2D eigenvalue weighted by atomic mass is 10.0. The average Bonchev–Trinajstić information content (AvgIpc) is 2.87. The van der Waals surface area contributed by atoms with Crippen LogP contribution in [0, 0.1) is 0 Å². The number of benzene rings is 1. The van der Waals surface area contributed by atoms with Gasteiger partial charge in [0.1, 0.15) is 0 Å². The molecule has 1 aliphatic heterocycles. The van der Waals surface area contributed by atoms with Crippen molar-refractivity contribution in [3.8, 4) is 0 Å². The van der Waals surface area contributed by atoms with Crippen LogP contribution in [0.4, 0.5) is 5.69 Å². The molecule has 0 saturated carbocycles. The highest BCUT2D eigenvalue weighted by Gasteiger charge is 2.24. The van der Waals surface area contributed by atoms with Crippen molar-refractivity contribution in [2.75, 3.05) is 11.4 Å². The fourth-order valence-electron chi connectivity index (χ4n) is 2.70. The number of anilines is 1. The van der Waals surface area contributed by atoms with Crippen molar-refractivity contribution in [1.82, 2.24) is 0 Å². The predicted octanol–water partition coefficient (Wildman–Crippen LogP) is 4.48. The highest BCUT2D eigenvalue weighted by atomic mass is 79.9. The number of unbranched alkanes of at least 4 members (excludes halogenated alkanes) is 1. The van der Waals surface area contributed by atoms with E-state index in [0.717, 1.165) is 44.3 Å². The molecule has 1 heterocycles. The van der Waals surface area contributed by atoms with Crippen molar-refractivity contribution in [3.05, 3.63) is 29.3 Å². The maximum Gasteiger partial charge on any atom is 0.226 e. The third-order valence-electron chi connectivity index (χ3n) is 3.98. The van der Waals surface area contributed by atoms with Gasteiger partial charge in [-0.3, -0.25) is 4.79 Å². The monoisotopic (exact) mass is 337 g/mol. The third-order valence-corrected chi connectivity index (χ3v) is 4.96. The number of carbonyl (C=O) groups is 1. The van der Waals surface area contributed by atoms with E-state index in [9.17, 15) is 4.79 Å². The molecule has 0 fully saturated rings. The molecule has 1 amide bonds. The van der Waals surface area contributed by atoms with E-state index in [-0.39, 0.29) is 5.91 Å². The fourth-order valence-corrected chi connectivity index (χ4v) is 3.08. The summed E-state index contributed by atoms with van der Waals surface area (Å²) in [5.74, 6) is 0.283. The van der Waals surface area contributed by atoms with Crippen LogP contribution < -0.4 is 4.90 Å². The summed E-state index contributed by atoms with van der Waals surface area (Å²) in [6.45, 7) is 5.18. The van der Waals surface area contributed by atoms with Gasteiger partial charge in [0, 0.05) is 23.5 Å². The number of hydrogen-bond donors (Lipinski definition) is 0. The number of carbonyl (C=O) groups excluding carboxylic acids is 1. The first-order valence-corrected chi connectivity index (χ1v) is 8.63. The van der Waals surface area contributed by atoms with E-state index in [2.05, 4.69) is 48.0 Å². The Balaban J connectivity index is 2.08. The first-order valence-electron chi connectivity index (χ1n) is 7.72. The Morgan fingerprint density at radius 1 is 1.40 bits per heavy atom. The van der Waals surface area contributed by atoms with Crippen LogP contribution in [0.2, 0.25) is 0 Å². The molecule has 0 saturated heterocycles. The SMILES string of the molecule is CCCCC(=O)N1CCc2cc(CC(Br)CC)ccc21. The van der Waals surface area contributed by atoms with Gasteiger partial charge in [0.05, 0.1) is 0 Å². The average molecular weight is 338 g/mol. The number of fused-ring (bicyclic) bond motifs is 1. The Morgan fingerprint density at radius 3 is 2.90 bits per heavy atom. The second-order valence-corrected chi connectivity index (χ2v) is 6.87. The largest absolute Gasteiger partial charge is 0.312 e. The predicted molar refractivity (Wildman–Crippen MR) is 88.7 cm³/mol. The topological polar surface area (TPSA) is 20.3 Å². The van der Waals surface area contributed by atoms with Gasteiger partial charge < -0.3 is 4.90 Å². The van der Waals surface area contributed by atoms with Crippen molar-refractivity contribution in [3.63, 3.8) is 0 Å². The number of amides is 1. The standard InChI is InChI=1S/C17H24BrNO/c1-3-5-6-17(20)19-10-9-14-11-13(7-8-16(14)19)12-15(18)4-2/h7-8,11,15H,3-6,9-10,12H2,1-2H3. The zero-order valence-electron chi connectivity index (χ0n) is 12.5. The Kier molecular flexibility index (Phi) is 5.64. The first kappa shape index (κ1) is 15.6. The Morgan fingerprint density at radius 2 is 2.20 bits per heavy atom. The van der Waals surface area contributed by atoms with Gasteiger partial charge in [0.15, 0.2) is 0 Å². The van der Waals surface area contributed by atoms with Crippen LogP contribution in [0.15, 0.2) is 18.2 Å². The summed E-state index contributed by atoms with van der Waals surface area (Å²) in [6, 6.07) is 6.59. The summed E-state index contributed by atoms with van der Waals surface area (Å²) in [4.78, 5) is 14.7. The highest BCUT2D eigenvalue weighted by molar-refractivity contribution is 9.09. The molecule has 1 unspecified atom stereocenters. The second kappa shape index (κ2) is 7.26. The minimum Gasteiger partial charge on any atom is -0.312 e. The van der Waals surface area contributed by atoms with Crippen molar-refractivity contribution < 1.29 is 4.79 Å². The van der Waals surface area contributed by atoms with E-state index in [0.29, 0.717) is 11.2 Å². The Labute approximate surface area is 130 Å². The zero-order chi connectivity index (χ0) is 14.5. The summed E-state index contributed by atoms with van der Waals surface area (Å²) >= 11 is 3.69. The van der Waals surface area contributed by atoms with Gasteiger partial charge in [0.2, 0.25) is 5.91 Å². The van der Waals surface area contributed by atoms with E-state index < -0.39 is 0 Å². The molecule has 110 valence electrons. The van der Waals surface area contributed by atoms with E-state index in [1.54, 1.807) is 0 Å². The van der Waals surface area contributed by atoms with Crippen molar-refractivity contribution in [1.29, 1.82) is 0 Å². The van der Waals surface area contributed by atoms with Gasteiger partial charge in [-0.1, -0.05) is 48.3 Å². The zero-order valence-corrected chi connectivity index (χ0v) is 14.1. The van der Waals surface area contributed by atoms with Crippen LogP contribution in [0.25, 0.3) is 0 Å².